The van der Waals surface area contributed by atoms with Crippen LogP contribution in [0.5, 0.6) is 0 Å². The van der Waals surface area contributed by atoms with E-state index < -0.39 is 0 Å². The highest BCUT2D eigenvalue weighted by Gasteiger charge is 2.33. The average molecular weight is 575 g/mol. The van der Waals surface area contributed by atoms with Crippen molar-refractivity contribution in [1.29, 1.82) is 0 Å². The van der Waals surface area contributed by atoms with Crippen molar-refractivity contribution in [2.24, 2.45) is 0 Å². The van der Waals surface area contributed by atoms with Crippen LogP contribution in [0.2, 0.25) is 0 Å². The van der Waals surface area contributed by atoms with Crippen LogP contribution in [0, 0.1) is 0 Å². The number of hydrogen-bond donors (Lipinski definition) is 0. The molecule has 0 N–H and O–H groups in total. The Morgan fingerprint density at radius 1 is 0.476 bits per heavy atom. The SMILES string of the molecule is O=C1C=CC2=c3ccc(N4c5ccccc5Sc5ccccc54)c(N4c5ccccc5Sc5ccccc54)c3=CC2=C1. The minimum Gasteiger partial charge on any atom is -0.306 e. The van der Waals surface area contributed by atoms with Crippen molar-refractivity contribution in [1.82, 2.24) is 0 Å². The summed E-state index contributed by atoms with van der Waals surface area (Å²) >= 11 is 3.63. The predicted octanol–water partition coefficient (Wildman–Crippen LogP) is 8.57. The summed E-state index contributed by atoms with van der Waals surface area (Å²) in [4.78, 5) is 22.2. The Labute approximate surface area is 251 Å². The largest absolute Gasteiger partial charge is 0.306 e. The van der Waals surface area contributed by atoms with Gasteiger partial charge >= 0.3 is 0 Å². The number of fused-ring (bicyclic) bond motifs is 6. The minimum absolute atomic E-state index is 0.0283. The van der Waals surface area contributed by atoms with E-state index in [-0.39, 0.29) is 5.78 Å². The van der Waals surface area contributed by atoms with Crippen LogP contribution in [0.15, 0.2) is 153 Å². The lowest BCUT2D eigenvalue weighted by Crippen LogP contribution is -2.33. The summed E-state index contributed by atoms with van der Waals surface area (Å²) in [7, 11) is 0. The third-order valence-corrected chi connectivity index (χ3v) is 10.4. The number of benzene rings is 5. The Morgan fingerprint density at radius 2 is 0.976 bits per heavy atom. The van der Waals surface area contributed by atoms with Crippen LogP contribution in [0.3, 0.4) is 0 Å². The average Bonchev–Trinajstić information content (AvgIpc) is 3.40. The molecule has 0 atom stereocenters. The fourth-order valence-corrected chi connectivity index (χ4v) is 8.48. The fraction of sp³-hybridized carbons (Fsp3) is 0. The molecule has 198 valence electrons. The predicted molar refractivity (Wildman–Crippen MR) is 173 cm³/mol. The van der Waals surface area contributed by atoms with E-state index >= 15 is 0 Å². The fourth-order valence-electron chi connectivity index (χ4n) is 6.36. The van der Waals surface area contributed by atoms with Gasteiger partial charge in [0.25, 0.3) is 0 Å². The summed E-state index contributed by atoms with van der Waals surface area (Å²) in [6.45, 7) is 0. The Bertz CT molecular complexity index is 2110. The first kappa shape index (κ1) is 23.9. The van der Waals surface area contributed by atoms with E-state index in [0.717, 1.165) is 55.7 Å². The summed E-state index contributed by atoms with van der Waals surface area (Å²) in [6, 6.07) is 39.1. The van der Waals surface area contributed by atoms with Gasteiger partial charge in [-0.1, -0.05) is 78.1 Å². The van der Waals surface area contributed by atoms with Gasteiger partial charge in [0, 0.05) is 24.8 Å². The standard InChI is InChI=1S/C37H22N2OS2/c40-24-17-18-25-23(21-24)22-27-26(25)19-20-32(38-28-9-1-5-13-33(28)41-34-14-6-2-10-29(34)38)37(27)39-30-11-3-7-15-35(30)42-36-16-8-4-12-31(36)39/h1-22H. The second-order valence-electron chi connectivity index (χ2n) is 10.5. The Hall–Kier alpha value is -4.71. The molecule has 0 saturated heterocycles. The molecular formula is C37H22N2OS2. The van der Waals surface area contributed by atoms with E-state index in [2.05, 4.69) is 125 Å². The molecule has 0 saturated carbocycles. The molecule has 3 nitrogen and oxygen atoms in total. The first-order valence-corrected chi connectivity index (χ1v) is 15.5. The van der Waals surface area contributed by atoms with E-state index in [9.17, 15) is 4.79 Å². The zero-order valence-corrected chi connectivity index (χ0v) is 24.0. The molecule has 2 aliphatic carbocycles. The molecule has 2 heterocycles. The lowest BCUT2D eigenvalue weighted by Gasteiger charge is -2.39. The molecule has 4 aliphatic rings. The third kappa shape index (κ3) is 3.47. The van der Waals surface area contributed by atoms with Crippen molar-refractivity contribution < 1.29 is 4.79 Å². The van der Waals surface area contributed by atoms with Gasteiger partial charge in [0.15, 0.2) is 5.78 Å². The van der Waals surface area contributed by atoms with Crippen LogP contribution >= 0.6 is 23.5 Å². The zero-order valence-electron chi connectivity index (χ0n) is 22.3. The van der Waals surface area contributed by atoms with Gasteiger partial charge < -0.3 is 9.80 Å². The van der Waals surface area contributed by atoms with E-state index in [0.29, 0.717) is 0 Å². The van der Waals surface area contributed by atoms with Crippen LogP contribution in [0.4, 0.5) is 34.1 Å². The third-order valence-electron chi connectivity index (χ3n) is 8.14. The van der Waals surface area contributed by atoms with Gasteiger partial charge in [-0.3, -0.25) is 4.79 Å². The number of allylic oxidation sites excluding steroid dienone is 4. The van der Waals surface area contributed by atoms with Crippen LogP contribution in [0.25, 0.3) is 11.6 Å². The van der Waals surface area contributed by atoms with Crippen molar-refractivity contribution in [2.45, 2.75) is 19.6 Å². The van der Waals surface area contributed by atoms with Gasteiger partial charge in [0.05, 0.1) is 34.1 Å². The molecule has 0 fully saturated rings. The van der Waals surface area contributed by atoms with Gasteiger partial charge in [0.2, 0.25) is 0 Å². The number of nitrogens with zero attached hydrogens (tertiary/aromatic N) is 2. The smallest absolute Gasteiger partial charge is 0.179 e. The maximum Gasteiger partial charge on any atom is 0.179 e. The highest BCUT2D eigenvalue weighted by molar-refractivity contribution is 8.00. The van der Waals surface area contributed by atoms with Gasteiger partial charge in [0.1, 0.15) is 0 Å². The van der Waals surface area contributed by atoms with Crippen molar-refractivity contribution in [3.05, 3.63) is 143 Å². The monoisotopic (exact) mass is 574 g/mol. The zero-order chi connectivity index (χ0) is 27.8. The Kier molecular flexibility index (Phi) is 5.21. The van der Waals surface area contributed by atoms with Gasteiger partial charge in [-0.05, 0) is 95.3 Å². The highest BCUT2D eigenvalue weighted by atomic mass is 32.2. The summed E-state index contributed by atoms with van der Waals surface area (Å²) in [5.74, 6) is 0.0283. The van der Waals surface area contributed by atoms with Crippen LogP contribution in [-0.2, 0) is 4.79 Å². The molecule has 0 amide bonds. The first-order valence-electron chi connectivity index (χ1n) is 13.9. The van der Waals surface area contributed by atoms with Gasteiger partial charge in [-0.15, -0.1) is 0 Å². The summed E-state index contributed by atoms with van der Waals surface area (Å²) in [5.41, 5.74) is 8.89. The first-order chi connectivity index (χ1) is 20.7. The molecule has 0 radical (unpaired) electrons. The summed E-state index contributed by atoms with van der Waals surface area (Å²) in [6.07, 6.45) is 7.61. The quantitative estimate of drug-likeness (QED) is 0.206. The molecule has 5 aromatic carbocycles. The molecule has 5 heteroatoms. The second-order valence-corrected chi connectivity index (χ2v) is 12.7. The Balaban J connectivity index is 1.43. The van der Waals surface area contributed by atoms with Crippen molar-refractivity contribution >= 4 is 75.1 Å². The summed E-state index contributed by atoms with van der Waals surface area (Å²) < 4.78 is 0. The van der Waals surface area contributed by atoms with E-state index in [1.807, 2.05) is 29.6 Å². The van der Waals surface area contributed by atoms with E-state index in [1.165, 1.54) is 19.6 Å². The topological polar surface area (TPSA) is 23.6 Å². The van der Waals surface area contributed by atoms with Crippen molar-refractivity contribution in [3.8, 4) is 0 Å². The molecule has 0 bridgehead atoms. The molecule has 0 unspecified atom stereocenters. The molecule has 0 aromatic heterocycles. The van der Waals surface area contributed by atoms with Crippen LogP contribution < -0.4 is 20.2 Å². The number of carbonyl (C=O) groups is 1. The van der Waals surface area contributed by atoms with E-state index in [1.54, 1.807) is 12.2 Å². The van der Waals surface area contributed by atoms with Crippen LogP contribution in [0.1, 0.15) is 0 Å². The minimum atomic E-state index is 0.0283. The maximum atomic E-state index is 12.4. The second kappa shape index (κ2) is 9.15. The number of carbonyl (C=O) groups excluding carboxylic acids is 1. The maximum absolute atomic E-state index is 12.4. The lowest BCUT2D eigenvalue weighted by atomic mass is 10.0. The number of rotatable bonds is 2. The van der Waals surface area contributed by atoms with Gasteiger partial charge in [-0.2, -0.15) is 0 Å². The normalized spacial score (nSPS) is 15.6. The van der Waals surface area contributed by atoms with Crippen LogP contribution in [-0.4, -0.2) is 5.78 Å². The van der Waals surface area contributed by atoms with E-state index in [4.69, 9.17) is 0 Å². The summed E-state index contributed by atoms with van der Waals surface area (Å²) in [5, 5.41) is 2.27. The molecule has 2 aliphatic heterocycles. The molecule has 42 heavy (non-hydrogen) atoms. The Morgan fingerprint density at radius 3 is 1.52 bits per heavy atom. The number of ketones is 1. The molecule has 0 spiro atoms. The van der Waals surface area contributed by atoms with Gasteiger partial charge in [-0.25, -0.2) is 0 Å². The molecule has 9 rings (SSSR count). The number of anilines is 6. The lowest BCUT2D eigenvalue weighted by molar-refractivity contribution is -0.110. The molecular weight excluding hydrogens is 553 g/mol. The van der Waals surface area contributed by atoms with Crippen molar-refractivity contribution in [2.75, 3.05) is 9.80 Å². The van der Waals surface area contributed by atoms with Crippen molar-refractivity contribution in [3.63, 3.8) is 0 Å². The molecule has 5 aromatic rings. The highest BCUT2D eigenvalue weighted by Crippen LogP contribution is 2.56. The number of hydrogen-bond acceptors (Lipinski definition) is 5. The number of para-hydroxylation sites is 4.